The molecule has 4 nitrogen and oxygen atoms in total. The first-order valence-electron chi connectivity index (χ1n) is 9.65. The van der Waals surface area contributed by atoms with E-state index in [1.165, 1.54) is 11.1 Å². The Morgan fingerprint density at radius 3 is 1.97 bits per heavy atom. The summed E-state index contributed by atoms with van der Waals surface area (Å²) >= 11 is 0. The van der Waals surface area contributed by atoms with Crippen LogP contribution in [0.5, 0.6) is 11.5 Å². The van der Waals surface area contributed by atoms with Crippen LogP contribution in [0.3, 0.4) is 0 Å². The second kappa shape index (κ2) is 9.28. The number of ether oxygens (including phenoxy) is 2. The molecule has 0 fully saturated rings. The molecule has 4 heteroatoms. The van der Waals surface area contributed by atoms with E-state index in [9.17, 15) is 4.79 Å². The van der Waals surface area contributed by atoms with Crippen molar-refractivity contribution in [2.75, 3.05) is 19.5 Å². The molecule has 0 radical (unpaired) electrons. The topological polar surface area (TPSA) is 47.6 Å². The van der Waals surface area contributed by atoms with Gasteiger partial charge in [-0.3, -0.25) is 4.79 Å². The van der Waals surface area contributed by atoms with Crippen LogP contribution < -0.4 is 14.8 Å². The molecule has 1 unspecified atom stereocenters. The van der Waals surface area contributed by atoms with E-state index in [1.807, 2.05) is 48.5 Å². The summed E-state index contributed by atoms with van der Waals surface area (Å²) in [4.78, 5) is 13.0. The molecule has 0 bridgehead atoms. The van der Waals surface area contributed by atoms with Crippen molar-refractivity contribution in [1.82, 2.24) is 0 Å². The number of carbonyl (C=O) groups excluding carboxylic acids is 1. The lowest BCUT2D eigenvalue weighted by Crippen LogP contribution is -2.16. The Balaban J connectivity index is 1.85. The van der Waals surface area contributed by atoms with Crippen LogP contribution in [0.25, 0.3) is 0 Å². The second-order valence-corrected chi connectivity index (χ2v) is 7.12. The molecule has 0 saturated heterocycles. The van der Waals surface area contributed by atoms with E-state index in [1.54, 1.807) is 14.2 Å². The van der Waals surface area contributed by atoms with Gasteiger partial charge in [0.2, 0.25) is 0 Å². The van der Waals surface area contributed by atoms with E-state index in [2.05, 4.69) is 37.4 Å². The number of aryl methyl sites for hydroxylation is 2. The first kappa shape index (κ1) is 20.5. The van der Waals surface area contributed by atoms with Crippen LogP contribution in [0.4, 0.5) is 5.69 Å². The number of Topliss-reactive ketones (excluding diaryl/α,β-unsaturated/α-hetero) is 1. The smallest absolute Gasteiger partial charge is 0.165 e. The summed E-state index contributed by atoms with van der Waals surface area (Å²) in [5, 5.41) is 3.54. The monoisotopic (exact) mass is 389 g/mol. The van der Waals surface area contributed by atoms with Crippen molar-refractivity contribution in [2.45, 2.75) is 26.3 Å². The van der Waals surface area contributed by atoms with Gasteiger partial charge in [-0.2, -0.15) is 0 Å². The normalized spacial score (nSPS) is 11.6. The van der Waals surface area contributed by atoms with Crippen LogP contribution in [0, 0.1) is 13.8 Å². The average molecular weight is 389 g/mol. The van der Waals surface area contributed by atoms with Crippen molar-refractivity contribution in [3.05, 3.63) is 89.0 Å². The number of ketones is 1. The molecule has 0 heterocycles. The highest BCUT2D eigenvalue weighted by Gasteiger charge is 2.18. The van der Waals surface area contributed by atoms with Gasteiger partial charge in [0, 0.05) is 17.7 Å². The maximum atomic E-state index is 13.0. The SMILES string of the molecule is COc1ccc(C(=O)CC(Nc2ccc(C)c(C)c2)c2ccc(OC)cc2)cc1. The predicted molar refractivity (Wildman–Crippen MR) is 117 cm³/mol. The number of hydrogen-bond donors (Lipinski definition) is 1. The van der Waals surface area contributed by atoms with E-state index in [0.717, 1.165) is 22.7 Å². The Morgan fingerprint density at radius 1 is 0.828 bits per heavy atom. The molecule has 0 aliphatic rings. The Hall–Kier alpha value is -3.27. The molecular weight excluding hydrogens is 362 g/mol. The van der Waals surface area contributed by atoms with E-state index < -0.39 is 0 Å². The summed E-state index contributed by atoms with van der Waals surface area (Å²) in [6.45, 7) is 4.18. The van der Waals surface area contributed by atoms with Crippen molar-refractivity contribution in [3.63, 3.8) is 0 Å². The molecule has 0 spiro atoms. The van der Waals surface area contributed by atoms with Crippen LogP contribution in [0.15, 0.2) is 66.7 Å². The number of benzene rings is 3. The van der Waals surface area contributed by atoms with Crippen molar-refractivity contribution in [2.24, 2.45) is 0 Å². The van der Waals surface area contributed by atoms with Gasteiger partial charge in [0.15, 0.2) is 5.78 Å². The molecule has 0 amide bonds. The summed E-state index contributed by atoms with van der Waals surface area (Å²) in [6.07, 6.45) is 0.339. The zero-order valence-corrected chi connectivity index (χ0v) is 17.4. The number of hydrogen-bond acceptors (Lipinski definition) is 4. The third-order valence-electron chi connectivity index (χ3n) is 5.17. The van der Waals surface area contributed by atoms with Gasteiger partial charge in [-0.25, -0.2) is 0 Å². The fraction of sp³-hybridized carbons (Fsp3) is 0.240. The molecule has 3 rings (SSSR count). The summed E-state index contributed by atoms with van der Waals surface area (Å²) < 4.78 is 10.5. The molecule has 150 valence electrons. The Labute approximate surface area is 172 Å². The summed E-state index contributed by atoms with van der Waals surface area (Å²) in [7, 11) is 3.26. The summed E-state index contributed by atoms with van der Waals surface area (Å²) in [5.74, 6) is 1.60. The third kappa shape index (κ3) is 5.17. The van der Waals surface area contributed by atoms with Gasteiger partial charge >= 0.3 is 0 Å². The zero-order chi connectivity index (χ0) is 20.8. The minimum atomic E-state index is -0.155. The lowest BCUT2D eigenvalue weighted by molar-refractivity contribution is 0.0976. The van der Waals surface area contributed by atoms with E-state index in [4.69, 9.17) is 9.47 Å². The third-order valence-corrected chi connectivity index (χ3v) is 5.17. The Kier molecular flexibility index (Phi) is 6.55. The number of rotatable bonds is 8. The second-order valence-electron chi connectivity index (χ2n) is 7.12. The first-order chi connectivity index (χ1) is 14.0. The number of carbonyl (C=O) groups is 1. The molecule has 3 aromatic rings. The maximum Gasteiger partial charge on any atom is 0.165 e. The van der Waals surface area contributed by atoms with Crippen LogP contribution >= 0.6 is 0 Å². The lowest BCUT2D eigenvalue weighted by atomic mass is 9.97. The standard InChI is InChI=1S/C25H27NO3/c1-17-5-10-21(15-18(17)2)26-24(19-6-11-22(28-3)12-7-19)16-25(27)20-8-13-23(29-4)14-9-20/h5-15,24,26H,16H2,1-4H3. The minimum Gasteiger partial charge on any atom is -0.497 e. The van der Waals surface area contributed by atoms with Crippen LogP contribution in [-0.4, -0.2) is 20.0 Å². The van der Waals surface area contributed by atoms with E-state index in [0.29, 0.717) is 12.0 Å². The number of nitrogens with one attached hydrogen (secondary N) is 1. The quantitative estimate of drug-likeness (QED) is 0.499. The highest BCUT2D eigenvalue weighted by atomic mass is 16.5. The van der Waals surface area contributed by atoms with Crippen molar-refractivity contribution >= 4 is 11.5 Å². The molecule has 3 aromatic carbocycles. The van der Waals surface area contributed by atoms with Crippen molar-refractivity contribution in [3.8, 4) is 11.5 Å². The van der Waals surface area contributed by atoms with Crippen LogP contribution in [0.2, 0.25) is 0 Å². The molecule has 1 N–H and O–H groups in total. The van der Waals surface area contributed by atoms with Crippen molar-refractivity contribution in [1.29, 1.82) is 0 Å². The van der Waals surface area contributed by atoms with Gasteiger partial charge in [-0.15, -0.1) is 0 Å². The fourth-order valence-corrected chi connectivity index (χ4v) is 3.20. The van der Waals surface area contributed by atoms with Gasteiger partial charge in [-0.05, 0) is 79.1 Å². The van der Waals surface area contributed by atoms with E-state index >= 15 is 0 Å². The molecule has 29 heavy (non-hydrogen) atoms. The fourth-order valence-electron chi connectivity index (χ4n) is 3.20. The average Bonchev–Trinajstić information content (AvgIpc) is 2.76. The van der Waals surface area contributed by atoms with Crippen LogP contribution in [-0.2, 0) is 0 Å². The highest BCUT2D eigenvalue weighted by molar-refractivity contribution is 5.96. The zero-order valence-electron chi connectivity index (χ0n) is 17.4. The molecular formula is C25H27NO3. The summed E-state index contributed by atoms with van der Waals surface area (Å²) in [6, 6.07) is 21.2. The Morgan fingerprint density at radius 2 is 1.41 bits per heavy atom. The van der Waals surface area contributed by atoms with Crippen molar-refractivity contribution < 1.29 is 14.3 Å². The lowest BCUT2D eigenvalue weighted by Gasteiger charge is -2.21. The van der Waals surface area contributed by atoms with E-state index in [-0.39, 0.29) is 11.8 Å². The molecule has 0 aliphatic heterocycles. The maximum absolute atomic E-state index is 13.0. The highest BCUT2D eigenvalue weighted by Crippen LogP contribution is 2.27. The van der Waals surface area contributed by atoms with Gasteiger partial charge in [-0.1, -0.05) is 18.2 Å². The predicted octanol–water partition coefficient (Wildman–Crippen LogP) is 5.75. The minimum absolute atomic E-state index is 0.0739. The van der Waals surface area contributed by atoms with Gasteiger partial charge in [0.25, 0.3) is 0 Å². The van der Waals surface area contributed by atoms with Gasteiger partial charge in [0.05, 0.1) is 20.3 Å². The first-order valence-corrected chi connectivity index (χ1v) is 9.65. The Bertz CT molecular complexity index is 962. The molecule has 0 aliphatic carbocycles. The molecule has 1 atom stereocenters. The number of methoxy groups -OCH3 is 2. The van der Waals surface area contributed by atoms with Crippen LogP contribution in [0.1, 0.15) is 39.5 Å². The van der Waals surface area contributed by atoms with Gasteiger partial charge in [0.1, 0.15) is 11.5 Å². The number of anilines is 1. The molecule has 0 saturated carbocycles. The van der Waals surface area contributed by atoms with Gasteiger partial charge < -0.3 is 14.8 Å². The largest absolute Gasteiger partial charge is 0.497 e. The summed E-state index contributed by atoms with van der Waals surface area (Å²) in [5.41, 5.74) is 5.16. The molecule has 0 aromatic heterocycles.